The lowest BCUT2D eigenvalue weighted by molar-refractivity contribution is 0.0943. The van der Waals surface area contributed by atoms with Crippen LogP contribution in [0.3, 0.4) is 0 Å². The molecular formula is C11H19ClN2O3. The van der Waals surface area contributed by atoms with Gasteiger partial charge in [-0.3, -0.25) is 4.79 Å². The molecule has 1 aromatic rings. The minimum atomic E-state index is -0.139. The van der Waals surface area contributed by atoms with Crippen molar-refractivity contribution in [2.24, 2.45) is 5.73 Å². The first-order valence-electron chi connectivity index (χ1n) is 5.41. The van der Waals surface area contributed by atoms with Crippen molar-refractivity contribution in [3.05, 3.63) is 23.7 Å². The summed E-state index contributed by atoms with van der Waals surface area (Å²) in [5.74, 6) is 0.472. The summed E-state index contributed by atoms with van der Waals surface area (Å²) >= 11 is 0. The number of halogens is 1. The summed E-state index contributed by atoms with van der Waals surface area (Å²) in [6.45, 7) is 4.21. The predicted molar refractivity (Wildman–Crippen MR) is 67.3 cm³/mol. The topological polar surface area (TPSA) is 77.5 Å². The number of hydrogen-bond donors (Lipinski definition) is 2. The molecule has 1 heterocycles. The molecule has 0 spiro atoms. The molecule has 0 saturated carbocycles. The molecule has 3 N–H and O–H groups in total. The quantitative estimate of drug-likeness (QED) is 0.727. The van der Waals surface area contributed by atoms with Crippen molar-refractivity contribution >= 4 is 18.3 Å². The number of carbonyl (C=O) groups is 1. The Labute approximate surface area is 107 Å². The molecule has 98 valence electrons. The van der Waals surface area contributed by atoms with Gasteiger partial charge in [0, 0.05) is 19.8 Å². The molecular weight excluding hydrogens is 244 g/mol. The fourth-order valence-electron chi connectivity index (χ4n) is 1.23. The van der Waals surface area contributed by atoms with Gasteiger partial charge in [-0.25, -0.2) is 0 Å². The number of rotatable bonds is 7. The highest BCUT2D eigenvalue weighted by Gasteiger charge is 2.08. The Balaban J connectivity index is 0.00000256. The highest BCUT2D eigenvalue weighted by atomic mass is 35.5. The summed E-state index contributed by atoms with van der Waals surface area (Å²) < 4.78 is 10.2. The zero-order valence-electron chi connectivity index (χ0n) is 9.90. The van der Waals surface area contributed by atoms with Crippen LogP contribution >= 0.6 is 12.4 Å². The van der Waals surface area contributed by atoms with Gasteiger partial charge in [-0.15, -0.1) is 12.4 Å². The smallest absolute Gasteiger partial charge is 0.254 e. The van der Waals surface area contributed by atoms with E-state index in [0.717, 1.165) is 6.42 Å². The largest absolute Gasteiger partial charge is 0.467 e. The number of nitrogens with two attached hydrogens (primary N) is 1. The Bertz CT molecular complexity index is 328. The molecule has 0 radical (unpaired) electrons. The van der Waals surface area contributed by atoms with Gasteiger partial charge in [-0.1, -0.05) is 0 Å². The van der Waals surface area contributed by atoms with E-state index in [1.807, 2.05) is 6.92 Å². The van der Waals surface area contributed by atoms with Gasteiger partial charge in [-0.2, -0.15) is 0 Å². The van der Waals surface area contributed by atoms with Crippen molar-refractivity contribution in [1.82, 2.24) is 5.32 Å². The standard InChI is InChI=1S/C11H18N2O3.ClH/c1-2-15-5-3-4-13-11(14)9-6-10(7-12)16-8-9;/h6,8H,2-5,7,12H2,1H3,(H,13,14);1H. The third kappa shape index (κ3) is 5.72. The molecule has 1 aromatic heterocycles. The first-order valence-corrected chi connectivity index (χ1v) is 5.41. The van der Waals surface area contributed by atoms with Gasteiger partial charge in [0.2, 0.25) is 0 Å². The number of amides is 1. The Morgan fingerprint density at radius 3 is 2.94 bits per heavy atom. The molecule has 0 aliphatic carbocycles. The van der Waals surface area contributed by atoms with Crippen LogP contribution in [0.1, 0.15) is 29.5 Å². The van der Waals surface area contributed by atoms with E-state index in [0.29, 0.717) is 37.6 Å². The summed E-state index contributed by atoms with van der Waals surface area (Å²) in [7, 11) is 0. The number of furan rings is 1. The van der Waals surface area contributed by atoms with Crippen LogP contribution in [0.5, 0.6) is 0 Å². The minimum Gasteiger partial charge on any atom is -0.467 e. The Kier molecular flexibility index (Phi) is 8.49. The zero-order chi connectivity index (χ0) is 11.8. The van der Waals surface area contributed by atoms with E-state index in [9.17, 15) is 4.79 Å². The molecule has 1 amide bonds. The molecule has 17 heavy (non-hydrogen) atoms. The summed E-state index contributed by atoms with van der Waals surface area (Å²) in [5.41, 5.74) is 5.89. The SMILES string of the molecule is CCOCCCNC(=O)c1coc(CN)c1.Cl. The van der Waals surface area contributed by atoms with Crippen LogP contribution in [-0.2, 0) is 11.3 Å². The molecule has 1 rings (SSSR count). The Morgan fingerprint density at radius 2 is 2.35 bits per heavy atom. The number of hydrogen-bond acceptors (Lipinski definition) is 4. The zero-order valence-corrected chi connectivity index (χ0v) is 10.7. The molecule has 0 bridgehead atoms. The Hall–Kier alpha value is -1.04. The van der Waals surface area contributed by atoms with E-state index in [1.165, 1.54) is 6.26 Å². The average Bonchev–Trinajstić information content (AvgIpc) is 2.77. The van der Waals surface area contributed by atoms with Gasteiger partial charge in [0.05, 0.1) is 12.1 Å². The summed E-state index contributed by atoms with van der Waals surface area (Å²) in [5, 5.41) is 2.78. The van der Waals surface area contributed by atoms with Crippen LogP contribution in [0, 0.1) is 0 Å². The van der Waals surface area contributed by atoms with Crippen LogP contribution in [0.25, 0.3) is 0 Å². The van der Waals surface area contributed by atoms with E-state index in [1.54, 1.807) is 6.07 Å². The van der Waals surface area contributed by atoms with E-state index in [2.05, 4.69) is 5.32 Å². The van der Waals surface area contributed by atoms with Crippen molar-refractivity contribution in [3.63, 3.8) is 0 Å². The second-order valence-electron chi connectivity index (χ2n) is 3.31. The normalized spacial score (nSPS) is 9.76. The average molecular weight is 263 g/mol. The maximum Gasteiger partial charge on any atom is 0.254 e. The first kappa shape index (κ1) is 16.0. The van der Waals surface area contributed by atoms with Gasteiger partial charge in [-0.05, 0) is 19.4 Å². The van der Waals surface area contributed by atoms with Crippen LogP contribution in [0.2, 0.25) is 0 Å². The van der Waals surface area contributed by atoms with Gasteiger partial charge >= 0.3 is 0 Å². The lowest BCUT2D eigenvalue weighted by Gasteiger charge is -2.03. The monoisotopic (exact) mass is 262 g/mol. The van der Waals surface area contributed by atoms with Crippen LogP contribution in [-0.4, -0.2) is 25.7 Å². The molecule has 0 atom stereocenters. The van der Waals surface area contributed by atoms with Crippen molar-refractivity contribution in [2.75, 3.05) is 19.8 Å². The lowest BCUT2D eigenvalue weighted by Crippen LogP contribution is -2.24. The fourth-order valence-corrected chi connectivity index (χ4v) is 1.23. The number of nitrogens with one attached hydrogen (secondary N) is 1. The third-order valence-electron chi connectivity index (χ3n) is 2.07. The molecule has 0 aliphatic heterocycles. The molecule has 0 unspecified atom stereocenters. The van der Waals surface area contributed by atoms with Gasteiger partial charge in [0.25, 0.3) is 5.91 Å². The van der Waals surface area contributed by atoms with Crippen molar-refractivity contribution in [2.45, 2.75) is 19.9 Å². The molecule has 5 nitrogen and oxygen atoms in total. The highest BCUT2D eigenvalue weighted by molar-refractivity contribution is 5.93. The van der Waals surface area contributed by atoms with Crippen LogP contribution < -0.4 is 11.1 Å². The third-order valence-corrected chi connectivity index (χ3v) is 2.07. The fraction of sp³-hybridized carbons (Fsp3) is 0.545. The second kappa shape index (κ2) is 9.04. The van der Waals surface area contributed by atoms with E-state index >= 15 is 0 Å². The maximum absolute atomic E-state index is 11.6. The summed E-state index contributed by atoms with van der Waals surface area (Å²) in [6.07, 6.45) is 2.22. The van der Waals surface area contributed by atoms with Gasteiger partial charge in [0.15, 0.2) is 0 Å². The van der Waals surface area contributed by atoms with Crippen LogP contribution in [0.15, 0.2) is 16.7 Å². The summed E-state index contributed by atoms with van der Waals surface area (Å²) in [4.78, 5) is 11.6. The molecule has 0 saturated heterocycles. The molecule has 0 aromatic carbocycles. The second-order valence-corrected chi connectivity index (χ2v) is 3.31. The van der Waals surface area contributed by atoms with Crippen LogP contribution in [0.4, 0.5) is 0 Å². The minimum absolute atomic E-state index is 0. The summed E-state index contributed by atoms with van der Waals surface area (Å²) in [6, 6.07) is 1.65. The van der Waals surface area contributed by atoms with Gasteiger partial charge < -0.3 is 20.2 Å². The van der Waals surface area contributed by atoms with Crippen molar-refractivity contribution < 1.29 is 13.9 Å². The number of carbonyl (C=O) groups excluding carboxylic acids is 1. The molecule has 0 fully saturated rings. The van der Waals surface area contributed by atoms with Gasteiger partial charge in [0.1, 0.15) is 12.0 Å². The van der Waals surface area contributed by atoms with E-state index in [4.69, 9.17) is 14.9 Å². The Morgan fingerprint density at radius 1 is 1.59 bits per heavy atom. The number of ether oxygens (including phenoxy) is 1. The lowest BCUT2D eigenvalue weighted by atomic mass is 10.3. The highest BCUT2D eigenvalue weighted by Crippen LogP contribution is 2.06. The van der Waals surface area contributed by atoms with E-state index in [-0.39, 0.29) is 18.3 Å². The molecule has 6 heteroatoms. The molecule has 0 aliphatic rings. The van der Waals surface area contributed by atoms with Crippen molar-refractivity contribution in [3.8, 4) is 0 Å². The maximum atomic E-state index is 11.6. The first-order chi connectivity index (χ1) is 7.77. The van der Waals surface area contributed by atoms with E-state index < -0.39 is 0 Å². The van der Waals surface area contributed by atoms with Crippen molar-refractivity contribution in [1.29, 1.82) is 0 Å². The predicted octanol–water partition coefficient (Wildman–Crippen LogP) is 1.32.